The van der Waals surface area contributed by atoms with E-state index in [1.807, 2.05) is 48.5 Å². The predicted octanol–water partition coefficient (Wildman–Crippen LogP) is 3.47. The van der Waals surface area contributed by atoms with Gasteiger partial charge in [-0.2, -0.15) is 0 Å². The van der Waals surface area contributed by atoms with E-state index in [0.717, 1.165) is 16.9 Å². The van der Waals surface area contributed by atoms with Crippen LogP contribution in [0.5, 0.6) is 5.75 Å². The van der Waals surface area contributed by atoms with Crippen molar-refractivity contribution in [2.24, 2.45) is 10.2 Å². The Morgan fingerprint density at radius 2 is 1.88 bits per heavy atom. The number of thioether (sulfide) groups is 1. The van der Waals surface area contributed by atoms with Gasteiger partial charge in [-0.25, -0.2) is 0 Å². The fourth-order valence-corrected chi connectivity index (χ4v) is 2.85. The molecule has 24 heavy (non-hydrogen) atoms. The highest BCUT2D eigenvalue weighted by atomic mass is 35.5. The minimum Gasteiger partial charge on any atom is -0.489 e. The van der Waals surface area contributed by atoms with E-state index in [1.54, 1.807) is 0 Å². The van der Waals surface area contributed by atoms with Gasteiger partial charge in [-0.15, -0.1) is 10.2 Å². The number of amides is 1. The molecular weight excluding hydrogens is 346 g/mol. The minimum absolute atomic E-state index is 0.0981. The molecule has 2 aromatic carbocycles. The Balaban J connectivity index is 1.64. The van der Waals surface area contributed by atoms with Gasteiger partial charge in [0.15, 0.2) is 0 Å². The zero-order valence-corrected chi connectivity index (χ0v) is 14.2. The first-order valence-corrected chi connectivity index (χ1v) is 8.56. The lowest BCUT2D eigenvalue weighted by Gasteiger charge is -2.09. The molecule has 0 bridgehead atoms. The zero-order chi connectivity index (χ0) is 16.8. The Bertz CT molecular complexity index is 773. The van der Waals surface area contributed by atoms with Crippen molar-refractivity contribution in [3.05, 3.63) is 64.7 Å². The first-order chi connectivity index (χ1) is 11.7. The molecule has 1 aliphatic rings. The first-order valence-electron chi connectivity index (χ1n) is 7.20. The third-order valence-electron chi connectivity index (χ3n) is 3.19. The molecule has 1 amide bonds. The van der Waals surface area contributed by atoms with Gasteiger partial charge in [0, 0.05) is 10.6 Å². The number of carbonyl (C=O) groups excluding carboxylic acids is 1. The fraction of sp³-hybridized carbons (Fsp3) is 0.118. The number of nitrogens with zero attached hydrogens (tertiary/aromatic N) is 2. The molecule has 0 radical (unpaired) electrons. The van der Waals surface area contributed by atoms with Gasteiger partial charge in [-0.1, -0.05) is 35.5 Å². The van der Waals surface area contributed by atoms with E-state index in [0.29, 0.717) is 22.4 Å². The number of benzene rings is 2. The highest BCUT2D eigenvalue weighted by molar-refractivity contribution is 8.14. The summed E-state index contributed by atoms with van der Waals surface area (Å²) in [7, 11) is 0. The smallest absolute Gasteiger partial charge is 0.235 e. The quantitative estimate of drug-likeness (QED) is 0.909. The van der Waals surface area contributed by atoms with E-state index in [9.17, 15) is 4.79 Å². The van der Waals surface area contributed by atoms with E-state index < -0.39 is 0 Å². The summed E-state index contributed by atoms with van der Waals surface area (Å²) in [6.07, 6.45) is 1.30. The summed E-state index contributed by atoms with van der Waals surface area (Å²) in [5.41, 5.74) is 1.94. The van der Waals surface area contributed by atoms with Crippen molar-refractivity contribution in [1.29, 1.82) is 0 Å². The summed E-state index contributed by atoms with van der Waals surface area (Å²) in [6, 6.07) is 15.1. The summed E-state index contributed by atoms with van der Waals surface area (Å²) in [4.78, 5) is 11.4. The van der Waals surface area contributed by atoms with E-state index in [1.165, 1.54) is 18.1 Å². The summed E-state index contributed by atoms with van der Waals surface area (Å²) in [5.74, 6) is 0.963. The molecule has 0 unspecified atom stereocenters. The van der Waals surface area contributed by atoms with Crippen LogP contribution in [0, 0.1) is 0 Å². The third-order valence-corrected chi connectivity index (χ3v) is 4.44. The molecule has 3 rings (SSSR count). The number of hydrogen-bond acceptors (Lipinski definition) is 5. The second-order valence-electron chi connectivity index (χ2n) is 4.95. The van der Waals surface area contributed by atoms with Crippen LogP contribution in [0.15, 0.2) is 58.7 Å². The SMILES string of the molecule is O=C1CS/C(c2ccc(OCc3ccc(Cl)cc3)cc2)=N\N=C/N1. The Hall–Kier alpha value is -2.31. The second-order valence-corrected chi connectivity index (χ2v) is 6.35. The van der Waals surface area contributed by atoms with Crippen LogP contribution in [0.25, 0.3) is 0 Å². The van der Waals surface area contributed by atoms with Crippen molar-refractivity contribution >= 4 is 40.7 Å². The number of nitrogens with one attached hydrogen (secondary N) is 1. The molecular formula is C17H14ClN3O2S. The first kappa shape index (κ1) is 16.5. The van der Waals surface area contributed by atoms with Gasteiger partial charge in [-0.3, -0.25) is 4.79 Å². The average molecular weight is 360 g/mol. The van der Waals surface area contributed by atoms with E-state index in [2.05, 4.69) is 15.5 Å². The van der Waals surface area contributed by atoms with Crippen LogP contribution in [0.1, 0.15) is 11.1 Å². The molecule has 7 heteroatoms. The van der Waals surface area contributed by atoms with Crippen LogP contribution >= 0.6 is 23.4 Å². The molecule has 0 aliphatic carbocycles. The minimum atomic E-state index is -0.0981. The molecule has 0 aromatic heterocycles. The van der Waals surface area contributed by atoms with Crippen molar-refractivity contribution in [3.63, 3.8) is 0 Å². The van der Waals surface area contributed by atoms with Crippen LogP contribution < -0.4 is 10.1 Å². The maximum Gasteiger partial charge on any atom is 0.235 e. The maximum atomic E-state index is 11.4. The Labute approximate surface area is 148 Å². The zero-order valence-electron chi connectivity index (χ0n) is 12.6. The van der Waals surface area contributed by atoms with Gasteiger partial charge in [0.1, 0.15) is 23.7 Å². The molecule has 2 aromatic rings. The number of ether oxygens (including phenoxy) is 1. The van der Waals surface area contributed by atoms with Crippen molar-refractivity contribution in [2.45, 2.75) is 6.61 Å². The summed E-state index contributed by atoms with van der Waals surface area (Å²) >= 11 is 7.21. The van der Waals surface area contributed by atoms with Gasteiger partial charge in [0.05, 0.1) is 5.75 Å². The largest absolute Gasteiger partial charge is 0.489 e. The lowest BCUT2D eigenvalue weighted by atomic mass is 10.2. The highest BCUT2D eigenvalue weighted by Crippen LogP contribution is 2.20. The molecule has 0 atom stereocenters. The van der Waals surface area contributed by atoms with Gasteiger partial charge in [-0.05, 0) is 42.0 Å². The Kier molecular flexibility index (Phi) is 5.51. The summed E-state index contributed by atoms with van der Waals surface area (Å²) in [5, 5.41) is 11.8. The average Bonchev–Trinajstić information content (AvgIpc) is 2.59. The summed E-state index contributed by atoms with van der Waals surface area (Å²) < 4.78 is 5.75. The fourth-order valence-electron chi connectivity index (χ4n) is 1.97. The third kappa shape index (κ3) is 4.59. The van der Waals surface area contributed by atoms with E-state index in [4.69, 9.17) is 16.3 Å². The molecule has 1 aliphatic heterocycles. The van der Waals surface area contributed by atoms with Crippen LogP contribution in [0.3, 0.4) is 0 Å². The number of rotatable bonds is 4. The number of halogens is 1. The second kappa shape index (κ2) is 7.99. The lowest BCUT2D eigenvalue weighted by Crippen LogP contribution is -2.25. The van der Waals surface area contributed by atoms with Gasteiger partial charge in [0.2, 0.25) is 5.91 Å². The summed E-state index contributed by atoms with van der Waals surface area (Å²) in [6.45, 7) is 0.469. The van der Waals surface area contributed by atoms with E-state index in [-0.39, 0.29) is 5.91 Å². The van der Waals surface area contributed by atoms with Gasteiger partial charge >= 0.3 is 0 Å². The normalized spacial score (nSPS) is 17.9. The monoisotopic (exact) mass is 359 g/mol. The number of hydrogen-bond donors (Lipinski definition) is 1. The molecule has 1 N–H and O–H groups in total. The highest BCUT2D eigenvalue weighted by Gasteiger charge is 2.10. The van der Waals surface area contributed by atoms with Gasteiger partial charge < -0.3 is 10.1 Å². The topological polar surface area (TPSA) is 63.0 Å². The van der Waals surface area contributed by atoms with Crippen LogP contribution in [-0.2, 0) is 11.4 Å². The molecule has 0 fully saturated rings. The van der Waals surface area contributed by atoms with E-state index >= 15 is 0 Å². The van der Waals surface area contributed by atoms with Crippen LogP contribution in [-0.4, -0.2) is 23.0 Å². The molecule has 0 spiro atoms. The van der Waals surface area contributed by atoms with Crippen molar-refractivity contribution in [1.82, 2.24) is 5.32 Å². The molecule has 0 saturated heterocycles. The predicted molar refractivity (Wildman–Crippen MR) is 97.9 cm³/mol. The molecule has 122 valence electrons. The lowest BCUT2D eigenvalue weighted by molar-refractivity contribution is -0.117. The van der Waals surface area contributed by atoms with Crippen LogP contribution in [0.4, 0.5) is 0 Å². The number of carbonyl (C=O) groups is 1. The van der Waals surface area contributed by atoms with Crippen molar-refractivity contribution in [2.75, 3.05) is 5.75 Å². The van der Waals surface area contributed by atoms with Gasteiger partial charge in [0.25, 0.3) is 0 Å². The Morgan fingerprint density at radius 1 is 1.12 bits per heavy atom. The molecule has 1 heterocycles. The standard InChI is InChI=1S/C17H14ClN3O2S/c18-14-5-1-12(2-6-14)9-23-15-7-3-13(4-8-15)17-21-20-11-19-16(22)10-24-17/h1-8,11H,9-10H2,(H,19,20,22)/b21-17-. The molecule has 5 nitrogen and oxygen atoms in total. The maximum absolute atomic E-state index is 11.4. The van der Waals surface area contributed by atoms with Crippen molar-refractivity contribution < 1.29 is 9.53 Å². The Morgan fingerprint density at radius 3 is 2.62 bits per heavy atom. The van der Waals surface area contributed by atoms with Crippen molar-refractivity contribution in [3.8, 4) is 5.75 Å². The molecule has 0 saturated carbocycles. The van der Waals surface area contributed by atoms with Crippen LogP contribution in [0.2, 0.25) is 5.02 Å².